The van der Waals surface area contributed by atoms with Gasteiger partial charge in [-0.25, -0.2) is 4.39 Å². The quantitative estimate of drug-likeness (QED) is 0.885. The van der Waals surface area contributed by atoms with Gasteiger partial charge < -0.3 is 11.1 Å². The number of nitrogens with two attached hydrogens (primary N) is 1. The second-order valence-electron chi connectivity index (χ2n) is 4.63. The van der Waals surface area contributed by atoms with Gasteiger partial charge in [-0.05, 0) is 18.9 Å². The van der Waals surface area contributed by atoms with E-state index in [9.17, 15) is 9.18 Å². The summed E-state index contributed by atoms with van der Waals surface area (Å²) in [7, 11) is 0. The first kappa shape index (κ1) is 13.3. The van der Waals surface area contributed by atoms with Gasteiger partial charge in [0.25, 0.3) is 0 Å². The van der Waals surface area contributed by atoms with Crippen molar-refractivity contribution in [2.24, 2.45) is 11.7 Å². The van der Waals surface area contributed by atoms with Crippen molar-refractivity contribution in [3.63, 3.8) is 0 Å². The predicted molar refractivity (Wildman–Crippen MR) is 68.6 cm³/mol. The molecule has 1 fully saturated rings. The van der Waals surface area contributed by atoms with Crippen LogP contribution in [-0.4, -0.2) is 11.9 Å². The maximum absolute atomic E-state index is 13.6. The van der Waals surface area contributed by atoms with E-state index in [1.165, 1.54) is 6.07 Å². The van der Waals surface area contributed by atoms with Crippen molar-refractivity contribution in [3.8, 4) is 0 Å². The molecule has 1 aliphatic carbocycles. The molecule has 3 nitrogen and oxygen atoms in total. The zero-order valence-corrected chi connectivity index (χ0v) is 10.7. The summed E-state index contributed by atoms with van der Waals surface area (Å²) in [5.74, 6) is -0.721. The molecule has 0 saturated heterocycles. The highest BCUT2D eigenvalue weighted by molar-refractivity contribution is 6.30. The number of halogens is 2. The molecule has 5 heteroatoms. The Labute approximate surface area is 111 Å². The Morgan fingerprint density at radius 1 is 1.50 bits per heavy atom. The molecule has 1 aliphatic rings. The Hall–Kier alpha value is -1.13. The van der Waals surface area contributed by atoms with Crippen LogP contribution in [0, 0.1) is 11.7 Å². The van der Waals surface area contributed by atoms with Crippen LogP contribution in [0.1, 0.15) is 24.8 Å². The number of nitrogens with one attached hydrogen (secondary N) is 1. The first-order valence-corrected chi connectivity index (χ1v) is 6.43. The maximum Gasteiger partial charge on any atom is 0.224 e. The molecule has 0 radical (unpaired) electrons. The van der Waals surface area contributed by atoms with Crippen LogP contribution in [0.2, 0.25) is 5.02 Å². The van der Waals surface area contributed by atoms with E-state index in [0.29, 0.717) is 5.56 Å². The van der Waals surface area contributed by atoms with Gasteiger partial charge in [-0.2, -0.15) is 0 Å². The molecule has 3 N–H and O–H groups in total. The molecule has 0 spiro atoms. The average molecular weight is 271 g/mol. The normalized spacial score (nSPS) is 23.1. The summed E-state index contributed by atoms with van der Waals surface area (Å²) < 4.78 is 13.6. The summed E-state index contributed by atoms with van der Waals surface area (Å²) in [5, 5.41) is 2.79. The van der Waals surface area contributed by atoms with Crippen molar-refractivity contribution in [2.45, 2.75) is 31.8 Å². The van der Waals surface area contributed by atoms with Gasteiger partial charge in [0.1, 0.15) is 5.82 Å². The highest BCUT2D eigenvalue weighted by atomic mass is 35.5. The summed E-state index contributed by atoms with van der Waals surface area (Å²) in [6, 6.07) is 4.67. The Kier molecular flexibility index (Phi) is 4.19. The van der Waals surface area contributed by atoms with Gasteiger partial charge >= 0.3 is 0 Å². The highest BCUT2D eigenvalue weighted by Crippen LogP contribution is 2.24. The van der Waals surface area contributed by atoms with E-state index in [2.05, 4.69) is 5.32 Å². The van der Waals surface area contributed by atoms with Gasteiger partial charge in [0.05, 0.1) is 10.9 Å². The van der Waals surface area contributed by atoms with Crippen LogP contribution in [0.5, 0.6) is 0 Å². The lowest BCUT2D eigenvalue weighted by Gasteiger charge is -2.15. The van der Waals surface area contributed by atoms with E-state index < -0.39 is 5.82 Å². The van der Waals surface area contributed by atoms with Crippen molar-refractivity contribution < 1.29 is 9.18 Å². The number of benzene rings is 1. The van der Waals surface area contributed by atoms with E-state index >= 15 is 0 Å². The third-order valence-electron chi connectivity index (χ3n) is 3.39. The third kappa shape index (κ3) is 2.82. The maximum atomic E-state index is 13.6. The van der Waals surface area contributed by atoms with Gasteiger partial charge in [-0.15, -0.1) is 0 Å². The summed E-state index contributed by atoms with van der Waals surface area (Å²) in [6.07, 6.45) is 2.67. The number of carbonyl (C=O) groups excluding carboxylic acids is 1. The molecular weight excluding hydrogens is 255 g/mol. The lowest BCUT2D eigenvalue weighted by atomic mass is 10.0. The van der Waals surface area contributed by atoms with Crippen LogP contribution in [0.3, 0.4) is 0 Å². The standard InChI is InChI=1S/C13H16ClFN2O/c14-10-5-1-3-8(12(10)15)7-17-13(18)9-4-2-6-11(9)16/h1,3,5,9,11H,2,4,6-7,16H2,(H,17,18)/t9-,11-/m0/s1. The lowest BCUT2D eigenvalue weighted by molar-refractivity contribution is -0.125. The van der Waals surface area contributed by atoms with Crippen molar-refractivity contribution in [2.75, 3.05) is 0 Å². The number of carbonyl (C=O) groups is 1. The van der Waals surface area contributed by atoms with Crippen molar-refractivity contribution >= 4 is 17.5 Å². The molecule has 2 atom stereocenters. The lowest BCUT2D eigenvalue weighted by Crippen LogP contribution is -2.38. The molecule has 1 aromatic carbocycles. The second-order valence-corrected chi connectivity index (χ2v) is 5.04. The molecule has 0 unspecified atom stereocenters. The fourth-order valence-electron chi connectivity index (χ4n) is 2.31. The minimum absolute atomic E-state index is 0.0688. The van der Waals surface area contributed by atoms with E-state index in [-0.39, 0.29) is 29.4 Å². The summed E-state index contributed by atoms with van der Waals surface area (Å²) >= 11 is 5.67. The molecular formula is C13H16ClFN2O. The molecule has 18 heavy (non-hydrogen) atoms. The van der Waals surface area contributed by atoms with Gasteiger partial charge in [-0.3, -0.25) is 4.79 Å². The van der Waals surface area contributed by atoms with Crippen LogP contribution in [0.25, 0.3) is 0 Å². The molecule has 1 aromatic rings. The zero-order valence-electron chi connectivity index (χ0n) is 9.96. The number of amides is 1. The topological polar surface area (TPSA) is 55.1 Å². The van der Waals surface area contributed by atoms with Crippen LogP contribution >= 0.6 is 11.6 Å². The zero-order chi connectivity index (χ0) is 13.1. The molecule has 0 heterocycles. The first-order chi connectivity index (χ1) is 8.59. The van der Waals surface area contributed by atoms with E-state index in [4.69, 9.17) is 17.3 Å². The predicted octanol–water partition coefficient (Wildman–Crippen LogP) is 2.22. The van der Waals surface area contributed by atoms with Crippen LogP contribution in [0.4, 0.5) is 4.39 Å². The fraction of sp³-hybridized carbons (Fsp3) is 0.462. The van der Waals surface area contributed by atoms with Gasteiger partial charge in [0, 0.05) is 18.2 Å². The van der Waals surface area contributed by atoms with Crippen molar-refractivity contribution in [3.05, 3.63) is 34.6 Å². The van der Waals surface area contributed by atoms with Gasteiger partial charge in [0.2, 0.25) is 5.91 Å². The second kappa shape index (κ2) is 5.67. The summed E-state index contributed by atoms with van der Waals surface area (Å²) in [6.45, 7) is 0.147. The summed E-state index contributed by atoms with van der Waals surface area (Å²) in [5.41, 5.74) is 6.24. The Balaban J connectivity index is 1.95. The molecule has 1 amide bonds. The SMILES string of the molecule is N[C@H]1CCC[C@@H]1C(=O)NCc1cccc(Cl)c1F. The van der Waals surface area contributed by atoms with E-state index in [1.807, 2.05) is 0 Å². The largest absolute Gasteiger partial charge is 0.352 e. The third-order valence-corrected chi connectivity index (χ3v) is 3.68. The first-order valence-electron chi connectivity index (χ1n) is 6.06. The average Bonchev–Trinajstić information content (AvgIpc) is 2.77. The van der Waals surface area contributed by atoms with Crippen LogP contribution < -0.4 is 11.1 Å². The number of rotatable bonds is 3. The minimum Gasteiger partial charge on any atom is -0.352 e. The van der Waals surface area contributed by atoms with Crippen LogP contribution in [-0.2, 0) is 11.3 Å². The van der Waals surface area contributed by atoms with Crippen molar-refractivity contribution in [1.82, 2.24) is 5.32 Å². The highest BCUT2D eigenvalue weighted by Gasteiger charge is 2.29. The smallest absolute Gasteiger partial charge is 0.224 e. The van der Waals surface area contributed by atoms with Gasteiger partial charge in [0.15, 0.2) is 0 Å². The van der Waals surface area contributed by atoms with Crippen molar-refractivity contribution in [1.29, 1.82) is 0 Å². The van der Waals surface area contributed by atoms with Crippen LogP contribution in [0.15, 0.2) is 18.2 Å². The molecule has 98 valence electrons. The monoisotopic (exact) mass is 270 g/mol. The fourth-order valence-corrected chi connectivity index (χ4v) is 2.51. The molecule has 0 bridgehead atoms. The Bertz CT molecular complexity index is 453. The number of hydrogen-bond acceptors (Lipinski definition) is 2. The molecule has 0 aromatic heterocycles. The molecule has 0 aliphatic heterocycles. The van der Waals surface area contributed by atoms with E-state index in [1.54, 1.807) is 12.1 Å². The number of hydrogen-bond donors (Lipinski definition) is 2. The molecule has 1 saturated carbocycles. The molecule has 2 rings (SSSR count). The van der Waals surface area contributed by atoms with E-state index in [0.717, 1.165) is 19.3 Å². The summed E-state index contributed by atoms with van der Waals surface area (Å²) in [4.78, 5) is 11.9. The van der Waals surface area contributed by atoms with Gasteiger partial charge in [-0.1, -0.05) is 30.2 Å². The Morgan fingerprint density at radius 2 is 2.28 bits per heavy atom. The Morgan fingerprint density at radius 3 is 2.94 bits per heavy atom. The minimum atomic E-state index is -0.477.